The highest BCUT2D eigenvalue weighted by atomic mass is 16.3. The van der Waals surface area contributed by atoms with E-state index in [-0.39, 0.29) is 0 Å². The van der Waals surface area contributed by atoms with E-state index in [1.807, 2.05) is 18.3 Å². The molecule has 112 valence electrons. The summed E-state index contributed by atoms with van der Waals surface area (Å²) in [5.41, 5.74) is 0.327. The molecule has 0 amide bonds. The third kappa shape index (κ3) is 2.94. The normalized spacial score (nSPS) is 19.2. The van der Waals surface area contributed by atoms with Gasteiger partial charge in [0, 0.05) is 37.4 Å². The minimum atomic E-state index is -0.712. The van der Waals surface area contributed by atoms with Crippen molar-refractivity contribution in [2.24, 2.45) is 5.92 Å². The Morgan fingerprint density at radius 3 is 2.71 bits per heavy atom. The molecule has 1 fully saturated rings. The Kier molecular flexibility index (Phi) is 3.96. The lowest BCUT2D eigenvalue weighted by Crippen LogP contribution is -2.43. The number of likely N-dealkylation sites (tertiary alicyclic amines) is 1. The van der Waals surface area contributed by atoms with E-state index < -0.39 is 5.60 Å². The highest BCUT2D eigenvalue weighted by molar-refractivity contribution is 5.85. The van der Waals surface area contributed by atoms with Crippen LogP contribution in [-0.2, 0) is 5.60 Å². The third-order valence-electron chi connectivity index (χ3n) is 4.49. The van der Waals surface area contributed by atoms with Gasteiger partial charge in [0.2, 0.25) is 0 Å². The molecular formula is C18H24N2O. The fraction of sp³-hybridized carbons (Fsp3) is 0.500. The van der Waals surface area contributed by atoms with Gasteiger partial charge in [-0.15, -0.1) is 0 Å². The summed E-state index contributed by atoms with van der Waals surface area (Å²) in [6, 6.07) is 8.19. The second-order valence-corrected chi connectivity index (χ2v) is 6.63. The van der Waals surface area contributed by atoms with Crippen LogP contribution in [0.3, 0.4) is 0 Å². The minimum Gasteiger partial charge on any atom is -0.385 e. The van der Waals surface area contributed by atoms with Crippen LogP contribution in [0.4, 0.5) is 0 Å². The number of pyridine rings is 1. The smallest absolute Gasteiger partial charge is 0.0927 e. The molecule has 1 aliphatic heterocycles. The van der Waals surface area contributed by atoms with E-state index in [0.717, 1.165) is 48.8 Å². The van der Waals surface area contributed by atoms with Gasteiger partial charge in [0.1, 0.15) is 0 Å². The van der Waals surface area contributed by atoms with Gasteiger partial charge >= 0.3 is 0 Å². The lowest BCUT2D eigenvalue weighted by Gasteiger charge is -2.39. The van der Waals surface area contributed by atoms with E-state index >= 15 is 0 Å². The lowest BCUT2D eigenvalue weighted by atomic mass is 9.82. The molecule has 3 heteroatoms. The van der Waals surface area contributed by atoms with Gasteiger partial charge in [0.05, 0.1) is 5.60 Å². The molecule has 2 heterocycles. The molecule has 3 nitrogen and oxygen atoms in total. The van der Waals surface area contributed by atoms with Crippen molar-refractivity contribution in [1.29, 1.82) is 0 Å². The number of piperidine rings is 1. The molecule has 1 aromatic carbocycles. The zero-order valence-electron chi connectivity index (χ0n) is 12.9. The maximum Gasteiger partial charge on any atom is 0.0927 e. The van der Waals surface area contributed by atoms with Crippen molar-refractivity contribution in [3.05, 3.63) is 42.2 Å². The van der Waals surface area contributed by atoms with Crippen molar-refractivity contribution in [1.82, 2.24) is 9.88 Å². The predicted molar refractivity (Wildman–Crippen MR) is 86.2 cm³/mol. The quantitative estimate of drug-likeness (QED) is 0.940. The Balaban J connectivity index is 1.86. The van der Waals surface area contributed by atoms with Crippen LogP contribution in [0.1, 0.15) is 32.3 Å². The lowest BCUT2D eigenvalue weighted by molar-refractivity contribution is -0.0268. The Hall–Kier alpha value is -1.45. The van der Waals surface area contributed by atoms with E-state index in [1.165, 1.54) is 0 Å². The Labute approximate surface area is 126 Å². The van der Waals surface area contributed by atoms with Gasteiger partial charge in [-0.3, -0.25) is 4.98 Å². The minimum absolute atomic E-state index is 0.679. The van der Waals surface area contributed by atoms with Crippen molar-refractivity contribution >= 4 is 10.8 Å². The zero-order chi connectivity index (χ0) is 14.9. The summed E-state index contributed by atoms with van der Waals surface area (Å²) >= 11 is 0. The molecule has 1 saturated heterocycles. The highest BCUT2D eigenvalue weighted by Gasteiger charge is 2.35. The summed E-state index contributed by atoms with van der Waals surface area (Å²) < 4.78 is 0. The summed E-state index contributed by atoms with van der Waals surface area (Å²) in [6.07, 6.45) is 5.28. The summed E-state index contributed by atoms with van der Waals surface area (Å²) in [5.74, 6) is 0.679. The molecule has 2 aromatic rings. The first-order chi connectivity index (χ1) is 10.1. The maximum absolute atomic E-state index is 11.1. The van der Waals surface area contributed by atoms with Gasteiger partial charge in [-0.05, 0) is 35.8 Å². The predicted octanol–water partition coefficient (Wildman–Crippen LogP) is 3.17. The standard InChI is InChI=1S/C18H24N2O/c1-14(2)13-20-10-7-18(21,8-11-20)17-5-3-4-15-6-9-19-12-16(15)17/h3-6,9,12,14,21H,7-8,10-11,13H2,1-2H3. The second-order valence-electron chi connectivity index (χ2n) is 6.63. The van der Waals surface area contributed by atoms with Gasteiger partial charge in [-0.1, -0.05) is 32.0 Å². The molecule has 0 radical (unpaired) electrons. The molecule has 1 aliphatic rings. The number of hydrogen-bond acceptors (Lipinski definition) is 3. The molecule has 1 N–H and O–H groups in total. The number of aromatic nitrogens is 1. The van der Waals surface area contributed by atoms with Gasteiger partial charge in [0.25, 0.3) is 0 Å². The van der Waals surface area contributed by atoms with E-state index in [1.54, 1.807) is 6.20 Å². The van der Waals surface area contributed by atoms with Crippen molar-refractivity contribution in [2.45, 2.75) is 32.3 Å². The number of hydrogen-bond donors (Lipinski definition) is 1. The Bertz CT molecular complexity index is 610. The first-order valence-corrected chi connectivity index (χ1v) is 7.86. The molecule has 0 spiro atoms. The fourth-order valence-corrected chi connectivity index (χ4v) is 3.41. The van der Waals surface area contributed by atoms with Crippen LogP contribution in [0.2, 0.25) is 0 Å². The summed E-state index contributed by atoms with van der Waals surface area (Å²) in [5, 5.41) is 13.4. The van der Waals surface area contributed by atoms with Crippen molar-refractivity contribution < 1.29 is 5.11 Å². The highest BCUT2D eigenvalue weighted by Crippen LogP contribution is 2.36. The maximum atomic E-state index is 11.1. The second kappa shape index (κ2) is 5.74. The van der Waals surface area contributed by atoms with Crippen LogP contribution in [0.15, 0.2) is 36.7 Å². The number of aliphatic hydroxyl groups is 1. The molecule has 0 saturated carbocycles. The van der Waals surface area contributed by atoms with E-state index in [0.29, 0.717) is 5.92 Å². The van der Waals surface area contributed by atoms with Gasteiger partial charge < -0.3 is 10.0 Å². The molecule has 0 unspecified atom stereocenters. The Morgan fingerprint density at radius 2 is 2.00 bits per heavy atom. The average Bonchev–Trinajstić information content (AvgIpc) is 2.49. The van der Waals surface area contributed by atoms with E-state index in [2.05, 4.69) is 35.9 Å². The fourth-order valence-electron chi connectivity index (χ4n) is 3.41. The van der Waals surface area contributed by atoms with E-state index in [9.17, 15) is 5.11 Å². The van der Waals surface area contributed by atoms with Crippen LogP contribution in [0.5, 0.6) is 0 Å². The molecule has 0 atom stereocenters. The third-order valence-corrected chi connectivity index (χ3v) is 4.49. The first-order valence-electron chi connectivity index (χ1n) is 7.86. The SMILES string of the molecule is CC(C)CN1CCC(O)(c2cccc3ccncc23)CC1. The monoisotopic (exact) mass is 284 g/mol. The molecule has 0 bridgehead atoms. The molecule has 0 aliphatic carbocycles. The van der Waals surface area contributed by atoms with Crippen LogP contribution in [0.25, 0.3) is 10.8 Å². The molecule has 1 aromatic heterocycles. The zero-order valence-corrected chi connectivity index (χ0v) is 12.9. The number of fused-ring (bicyclic) bond motifs is 1. The van der Waals surface area contributed by atoms with Crippen LogP contribution in [0, 0.1) is 5.92 Å². The van der Waals surface area contributed by atoms with Crippen molar-refractivity contribution in [3.63, 3.8) is 0 Å². The van der Waals surface area contributed by atoms with Crippen molar-refractivity contribution in [3.8, 4) is 0 Å². The van der Waals surface area contributed by atoms with E-state index in [4.69, 9.17) is 0 Å². The van der Waals surface area contributed by atoms with Crippen LogP contribution < -0.4 is 0 Å². The average molecular weight is 284 g/mol. The van der Waals surface area contributed by atoms with Crippen LogP contribution >= 0.6 is 0 Å². The van der Waals surface area contributed by atoms with Crippen LogP contribution in [-0.4, -0.2) is 34.6 Å². The topological polar surface area (TPSA) is 36.4 Å². The van der Waals surface area contributed by atoms with Gasteiger partial charge in [0.15, 0.2) is 0 Å². The first kappa shape index (κ1) is 14.5. The summed E-state index contributed by atoms with van der Waals surface area (Å²) in [4.78, 5) is 6.69. The van der Waals surface area contributed by atoms with Gasteiger partial charge in [-0.2, -0.15) is 0 Å². The van der Waals surface area contributed by atoms with Crippen molar-refractivity contribution in [2.75, 3.05) is 19.6 Å². The Morgan fingerprint density at radius 1 is 1.24 bits per heavy atom. The summed E-state index contributed by atoms with van der Waals surface area (Å²) in [7, 11) is 0. The summed E-state index contributed by atoms with van der Waals surface area (Å²) in [6.45, 7) is 7.54. The molecule has 3 rings (SSSR count). The van der Waals surface area contributed by atoms with Gasteiger partial charge in [-0.25, -0.2) is 0 Å². The molecule has 21 heavy (non-hydrogen) atoms. The largest absolute Gasteiger partial charge is 0.385 e. The molecular weight excluding hydrogens is 260 g/mol. The number of nitrogens with zero attached hydrogens (tertiary/aromatic N) is 2. The number of rotatable bonds is 3. The number of benzene rings is 1.